The summed E-state index contributed by atoms with van der Waals surface area (Å²) in [5.41, 5.74) is 0. The SMILES string of the molecule is O=C(O)CC(O)CNCCCC(=O)NC1CC1. The molecule has 0 aromatic heterocycles. The van der Waals surface area contributed by atoms with E-state index in [1.54, 1.807) is 0 Å². The summed E-state index contributed by atoms with van der Waals surface area (Å²) in [6.07, 6.45) is 2.22. The molecule has 0 saturated heterocycles. The predicted octanol–water partition coefficient (Wildman–Crippen LogP) is -0.530. The molecule has 1 rings (SSSR count). The fraction of sp³-hybridized carbons (Fsp3) is 0.818. The quantitative estimate of drug-likeness (QED) is 0.409. The van der Waals surface area contributed by atoms with Crippen molar-refractivity contribution in [2.45, 2.75) is 44.2 Å². The molecule has 17 heavy (non-hydrogen) atoms. The number of carbonyl (C=O) groups is 2. The number of hydrogen-bond donors (Lipinski definition) is 4. The summed E-state index contributed by atoms with van der Waals surface area (Å²) < 4.78 is 0. The van der Waals surface area contributed by atoms with Crippen molar-refractivity contribution in [3.8, 4) is 0 Å². The van der Waals surface area contributed by atoms with E-state index in [0.717, 1.165) is 12.8 Å². The molecule has 1 unspecified atom stereocenters. The van der Waals surface area contributed by atoms with E-state index in [1.807, 2.05) is 0 Å². The fourth-order valence-electron chi connectivity index (χ4n) is 1.44. The minimum Gasteiger partial charge on any atom is -0.481 e. The molecule has 0 aromatic carbocycles. The molecule has 1 aliphatic carbocycles. The van der Waals surface area contributed by atoms with E-state index in [2.05, 4.69) is 10.6 Å². The van der Waals surface area contributed by atoms with Gasteiger partial charge in [0.25, 0.3) is 0 Å². The highest BCUT2D eigenvalue weighted by atomic mass is 16.4. The van der Waals surface area contributed by atoms with Crippen LogP contribution < -0.4 is 10.6 Å². The molecule has 1 saturated carbocycles. The maximum Gasteiger partial charge on any atom is 0.306 e. The summed E-state index contributed by atoms with van der Waals surface area (Å²) in [6.45, 7) is 0.852. The molecule has 4 N–H and O–H groups in total. The van der Waals surface area contributed by atoms with Crippen molar-refractivity contribution < 1.29 is 19.8 Å². The monoisotopic (exact) mass is 244 g/mol. The van der Waals surface area contributed by atoms with E-state index in [0.29, 0.717) is 25.4 Å². The molecule has 0 aliphatic heterocycles. The molecule has 1 aliphatic rings. The van der Waals surface area contributed by atoms with Crippen molar-refractivity contribution in [2.75, 3.05) is 13.1 Å². The van der Waals surface area contributed by atoms with Gasteiger partial charge in [0.2, 0.25) is 5.91 Å². The highest BCUT2D eigenvalue weighted by Crippen LogP contribution is 2.18. The van der Waals surface area contributed by atoms with Gasteiger partial charge in [-0.15, -0.1) is 0 Å². The summed E-state index contributed by atoms with van der Waals surface area (Å²) in [7, 11) is 0. The van der Waals surface area contributed by atoms with Crippen LogP contribution in [-0.4, -0.2) is 47.3 Å². The zero-order valence-corrected chi connectivity index (χ0v) is 9.82. The summed E-state index contributed by atoms with van der Waals surface area (Å²) in [5.74, 6) is -0.941. The Balaban J connectivity index is 1.89. The number of carboxylic acid groups (broad SMARTS) is 1. The largest absolute Gasteiger partial charge is 0.481 e. The van der Waals surface area contributed by atoms with Gasteiger partial charge < -0.3 is 20.8 Å². The molecule has 1 atom stereocenters. The van der Waals surface area contributed by atoms with Gasteiger partial charge >= 0.3 is 5.97 Å². The second-order valence-electron chi connectivity index (χ2n) is 4.40. The van der Waals surface area contributed by atoms with E-state index in [-0.39, 0.29) is 18.9 Å². The first-order valence-electron chi connectivity index (χ1n) is 5.98. The van der Waals surface area contributed by atoms with Crippen LogP contribution in [0.4, 0.5) is 0 Å². The standard InChI is InChI=1S/C11H20N2O4/c14-9(6-11(16)17)7-12-5-1-2-10(15)13-8-3-4-8/h8-9,12,14H,1-7H2,(H,13,15)(H,16,17). The van der Waals surface area contributed by atoms with Gasteiger partial charge in [-0.1, -0.05) is 0 Å². The summed E-state index contributed by atoms with van der Waals surface area (Å²) >= 11 is 0. The Labute approximate surface area is 100 Å². The third-order valence-electron chi connectivity index (χ3n) is 2.49. The zero-order valence-electron chi connectivity index (χ0n) is 9.82. The third-order valence-corrected chi connectivity index (χ3v) is 2.49. The summed E-state index contributed by atoms with van der Waals surface area (Å²) in [6, 6.07) is 0.396. The molecule has 0 spiro atoms. The first kappa shape index (κ1) is 13.9. The molecular formula is C11H20N2O4. The van der Waals surface area contributed by atoms with Gasteiger partial charge in [-0.05, 0) is 25.8 Å². The molecule has 0 radical (unpaired) electrons. The van der Waals surface area contributed by atoms with E-state index < -0.39 is 12.1 Å². The first-order valence-corrected chi connectivity index (χ1v) is 5.98. The molecule has 0 aromatic rings. The molecule has 1 amide bonds. The predicted molar refractivity (Wildman–Crippen MR) is 61.5 cm³/mol. The van der Waals surface area contributed by atoms with Crippen LogP contribution in [0.5, 0.6) is 0 Å². The van der Waals surface area contributed by atoms with E-state index >= 15 is 0 Å². The van der Waals surface area contributed by atoms with Crippen molar-refractivity contribution >= 4 is 11.9 Å². The van der Waals surface area contributed by atoms with Crippen LogP contribution in [0.1, 0.15) is 32.1 Å². The van der Waals surface area contributed by atoms with Gasteiger partial charge in [-0.2, -0.15) is 0 Å². The maximum atomic E-state index is 11.3. The van der Waals surface area contributed by atoms with Crippen LogP contribution >= 0.6 is 0 Å². The Morgan fingerprint density at radius 3 is 2.65 bits per heavy atom. The average Bonchev–Trinajstić information content (AvgIpc) is 2.99. The van der Waals surface area contributed by atoms with E-state index in [9.17, 15) is 14.7 Å². The Kier molecular flexibility index (Phi) is 5.93. The third kappa shape index (κ3) is 7.70. The second-order valence-corrected chi connectivity index (χ2v) is 4.40. The van der Waals surface area contributed by atoms with Crippen LogP contribution in [0.3, 0.4) is 0 Å². The lowest BCUT2D eigenvalue weighted by Crippen LogP contribution is -2.30. The molecule has 1 fully saturated rings. The van der Waals surface area contributed by atoms with E-state index in [4.69, 9.17) is 5.11 Å². The second kappa shape index (κ2) is 7.24. The van der Waals surface area contributed by atoms with Gasteiger partial charge in [0.15, 0.2) is 0 Å². The van der Waals surface area contributed by atoms with Crippen molar-refractivity contribution in [3.05, 3.63) is 0 Å². The number of carboxylic acids is 1. The molecule has 6 heteroatoms. The Morgan fingerprint density at radius 2 is 2.06 bits per heavy atom. The lowest BCUT2D eigenvalue weighted by molar-refractivity contribution is -0.139. The lowest BCUT2D eigenvalue weighted by atomic mass is 10.2. The minimum atomic E-state index is -1.01. The van der Waals surface area contributed by atoms with Gasteiger partial charge in [0.05, 0.1) is 12.5 Å². The van der Waals surface area contributed by atoms with Crippen LogP contribution in [0, 0.1) is 0 Å². The molecule has 6 nitrogen and oxygen atoms in total. The Hall–Kier alpha value is -1.14. The fourth-order valence-corrected chi connectivity index (χ4v) is 1.44. The first-order chi connectivity index (χ1) is 8.08. The van der Waals surface area contributed by atoms with E-state index in [1.165, 1.54) is 0 Å². The van der Waals surface area contributed by atoms with Crippen LogP contribution in [0.25, 0.3) is 0 Å². The van der Waals surface area contributed by atoms with Gasteiger partial charge in [-0.3, -0.25) is 9.59 Å². The molecule has 98 valence electrons. The number of aliphatic hydroxyl groups excluding tert-OH is 1. The molecular weight excluding hydrogens is 224 g/mol. The number of hydrogen-bond acceptors (Lipinski definition) is 4. The number of carbonyl (C=O) groups excluding carboxylic acids is 1. The van der Waals surface area contributed by atoms with Crippen LogP contribution in [-0.2, 0) is 9.59 Å². The average molecular weight is 244 g/mol. The summed E-state index contributed by atoms with van der Waals surface area (Å²) in [5, 5.41) is 23.4. The Bertz CT molecular complexity index is 266. The zero-order chi connectivity index (χ0) is 12.7. The summed E-state index contributed by atoms with van der Waals surface area (Å²) in [4.78, 5) is 21.5. The van der Waals surface area contributed by atoms with Crippen LogP contribution in [0.15, 0.2) is 0 Å². The van der Waals surface area contributed by atoms with Crippen LogP contribution in [0.2, 0.25) is 0 Å². The number of rotatable bonds is 9. The number of nitrogens with one attached hydrogen (secondary N) is 2. The number of amides is 1. The number of aliphatic hydroxyl groups is 1. The topological polar surface area (TPSA) is 98.7 Å². The van der Waals surface area contributed by atoms with Gasteiger partial charge in [-0.25, -0.2) is 0 Å². The molecule has 0 heterocycles. The normalized spacial score (nSPS) is 16.5. The molecule has 0 bridgehead atoms. The minimum absolute atomic E-state index is 0.0698. The number of aliphatic carboxylic acids is 1. The van der Waals surface area contributed by atoms with Crippen molar-refractivity contribution in [1.29, 1.82) is 0 Å². The van der Waals surface area contributed by atoms with Gasteiger partial charge in [0.1, 0.15) is 0 Å². The Morgan fingerprint density at radius 1 is 1.35 bits per heavy atom. The van der Waals surface area contributed by atoms with Crippen molar-refractivity contribution in [1.82, 2.24) is 10.6 Å². The maximum absolute atomic E-state index is 11.3. The lowest BCUT2D eigenvalue weighted by Gasteiger charge is -2.09. The highest BCUT2D eigenvalue weighted by molar-refractivity contribution is 5.76. The van der Waals surface area contributed by atoms with Crippen molar-refractivity contribution in [3.63, 3.8) is 0 Å². The highest BCUT2D eigenvalue weighted by Gasteiger charge is 2.22. The smallest absolute Gasteiger partial charge is 0.306 e. The van der Waals surface area contributed by atoms with Gasteiger partial charge in [0, 0.05) is 19.0 Å². The van der Waals surface area contributed by atoms with Crippen molar-refractivity contribution in [2.24, 2.45) is 0 Å².